The number of rotatable bonds is 1. The highest BCUT2D eigenvalue weighted by Gasteiger charge is 2.60. The number of para-hydroxylation sites is 1. The SMILES string of the molecule is CC1CC12CN(c1ccccc1)CC1(CCC(N)CC1)O2. The lowest BCUT2D eigenvalue weighted by Crippen LogP contribution is -2.59. The summed E-state index contributed by atoms with van der Waals surface area (Å²) in [5, 5.41) is 0. The van der Waals surface area contributed by atoms with E-state index in [0.717, 1.165) is 38.8 Å². The van der Waals surface area contributed by atoms with Gasteiger partial charge < -0.3 is 15.4 Å². The van der Waals surface area contributed by atoms with Gasteiger partial charge in [0.15, 0.2) is 0 Å². The second-order valence-corrected chi connectivity index (χ2v) is 7.48. The summed E-state index contributed by atoms with van der Waals surface area (Å²) < 4.78 is 6.73. The van der Waals surface area contributed by atoms with E-state index in [1.807, 2.05) is 0 Å². The van der Waals surface area contributed by atoms with E-state index in [2.05, 4.69) is 42.2 Å². The van der Waals surface area contributed by atoms with Crippen molar-refractivity contribution in [2.24, 2.45) is 11.7 Å². The van der Waals surface area contributed by atoms with Crippen LogP contribution in [0.5, 0.6) is 0 Å². The van der Waals surface area contributed by atoms with Gasteiger partial charge in [0.25, 0.3) is 0 Å². The molecule has 4 rings (SSSR count). The van der Waals surface area contributed by atoms with Gasteiger partial charge in [0, 0.05) is 24.8 Å². The highest BCUT2D eigenvalue weighted by Crippen LogP contribution is 2.54. The number of anilines is 1. The number of nitrogens with zero attached hydrogens (tertiary/aromatic N) is 1. The maximum atomic E-state index is 6.73. The molecule has 2 unspecified atom stereocenters. The molecule has 3 fully saturated rings. The maximum absolute atomic E-state index is 6.73. The van der Waals surface area contributed by atoms with Crippen molar-refractivity contribution in [1.82, 2.24) is 0 Å². The van der Waals surface area contributed by atoms with E-state index in [9.17, 15) is 0 Å². The molecule has 1 aromatic rings. The molecule has 0 aromatic heterocycles. The summed E-state index contributed by atoms with van der Waals surface area (Å²) in [6.45, 7) is 4.40. The van der Waals surface area contributed by atoms with E-state index in [0.29, 0.717) is 12.0 Å². The minimum Gasteiger partial charge on any atom is -0.366 e. The summed E-state index contributed by atoms with van der Waals surface area (Å²) >= 11 is 0. The third-order valence-electron chi connectivity index (χ3n) is 5.81. The van der Waals surface area contributed by atoms with E-state index in [4.69, 9.17) is 10.5 Å². The standard InChI is InChI=1S/C18H26N2O/c1-14-11-18(14)13-20(16-5-3-2-4-6-16)12-17(21-18)9-7-15(19)8-10-17/h2-6,14-15H,7-13,19H2,1H3. The fourth-order valence-corrected chi connectivity index (χ4v) is 4.29. The molecule has 1 aromatic carbocycles. The monoisotopic (exact) mass is 286 g/mol. The van der Waals surface area contributed by atoms with Crippen molar-refractivity contribution in [3.63, 3.8) is 0 Å². The van der Waals surface area contributed by atoms with Crippen molar-refractivity contribution < 1.29 is 4.74 Å². The van der Waals surface area contributed by atoms with Crippen LogP contribution < -0.4 is 10.6 Å². The van der Waals surface area contributed by atoms with Gasteiger partial charge in [-0.2, -0.15) is 0 Å². The van der Waals surface area contributed by atoms with Crippen molar-refractivity contribution in [3.05, 3.63) is 30.3 Å². The zero-order chi connectivity index (χ0) is 14.5. The Kier molecular flexibility index (Phi) is 3.05. The van der Waals surface area contributed by atoms with Crippen molar-refractivity contribution in [3.8, 4) is 0 Å². The Hall–Kier alpha value is -1.06. The number of hydrogen-bond donors (Lipinski definition) is 1. The average molecular weight is 286 g/mol. The Bertz CT molecular complexity index is 509. The molecule has 0 bridgehead atoms. The summed E-state index contributed by atoms with van der Waals surface area (Å²) in [5.41, 5.74) is 7.60. The summed E-state index contributed by atoms with van der Waals surface area (Å²) in [5.74, 6) is 0.691. The van der Waals surface area contributed by atoms with E-state index in [1.54, 1.807) is 0 Å². The Morgan fingerprint density at radius 1 is 1.14 bits per heavy atom. The minimum atomic E-state index is 0.0364. The molecule has 0 radical (unpaired) electrons. The van der Waals surface area contributed by atoms with Crippen molar-refractivity contribution in [2.45, 2.75) is 56.3 Å². The average Bonchev–Trinajstić information content (AvgIpc) is 3.11. The van der Waals surface area contributed by atoms with E-state index >= 15 is 0 Å². The summed E-state index contributed by atoms with van der Waals surface area (Å²) in [6, 6.07) is 11.2. The zero-order valence-electron chi connectivity index (χ0n) is 12.9. The molecule has 2 atom stereocenters. The van der Waals surface area contributed by atoms with Crippen molar-refractivity contribution in [1.29, 1.82) is 0 Å². The normalized spacial score (nSPS) is 42.5. The molecule has 3 aliphatic rings. The fourth-order valence-electron chi connectivity index (χ4n) is 4.29. The quantitative estimate of drug-likeness (QED) is 0.862. The molecule has 21 heavy (non-hydrogen) atoms. The zero-order valence-corrected chi connectivity index (χ0v) is 12.9. The first kappa shape index (κ1) is 13.6. The summed E-state index contributed by atoms with van der Waals surface area (Å²) in [4.78, 5) is 2.56. The van der Waals surface area contributed by atoms with Crippen LogP contribution in [0.15, 0.2) is 30.3 Å². The Morgan fingerprint density at radius 3 is 2.43 bits per heavy atom. The molecule has 114 valence electrons. The smallest absolute Gasteiger partial charge is 0.0894 e. The third kappa shape index (κ3) is 2.36. The maximum Gasteiger partial charge on any atom is 0.0894 e. The van der Waals surface area contributed by atoms with Gasteiger partial charge in [0.1, 0.15) is 0 Å². The number of hydrogen-bond acceptors (Lipinski definition) is 3. The lowest BCUT2D eigenvalue weighted by Gasteiger charge is -2.50. The predicted molar refractivity (Wildman–Crippen MR) is 85.4 cm³/mol. The fraction of sp³-hybridized carbons (Fsp3) is 0.667. The van der Waals surface area contributed by atoms with Gasteiger partial charge in [-0.05, 0) is 50.2 Å². The molecule has 1 aliphatic heterocycles. The van der Waals surface area contributed by atoms with Crippen LogP contribution in [0.4, 0.5) is 5.69 Å². The summed E-state index contributed by atoms with van der Waals surface area (Å²) in [7, 11) is 0. The van der Waals surface area contributed by atoms with Crippen LogP contribution >= 0.6 is 0 Å². The Morgan fingerprint density at radius 2 is 1.81 bits per heavy atom. The molecule has 1 heterocycles. The minimum absolute atomic E-state index is 0.0364. The molecule has 0 amide bonds. The Labute approximate surface area is 127 Å². The van der Waals surface area contributed by atoms with E-state index in [-0.39, 0.29) is 11.2 Å². The highest BCUT2D eigenvalue weighted by atomic mass is 16.5. The van der Waals surface area contributed by atoms with Gasteiger partial charge in [-0.25, -0.2) is 0 Å². The summed E-state index contributed by atoms with van der Waals surface area (Å²) in [6.07, 6.45) is 5.66. The number of morpholine rings is 1. The lowest BCUT2D eigenvalue weighted by molar-refractivity contribution is -0.144. The molecule has 1 saturated heterocycles. The van der Waals surface area contributed by atoms with Gasteiger partial charge >= 0.3 is 0 Å². The topological polar surface area (TPSA) is 38.5 Å². The van der Waals surface area contributed by atoms with Crippen LogP contribution in [-0.4, -0.2) is 30.3 Å². The van der Waals surface area contributed by atoms with Gasteiger partial charge in [0.2, 0.25) is 0 Å². The first-order valence-electron chi connectivity index (χ1n) is 8.37. The van der Waals surface area contributed by atoms with E-state index in [1.165, 1.54) is 12.1 Å². The van der Waals surface area contributed by atoms with Crippen LogP contribution in [0.1, 0.15) is 39.0 Å². The molecule has 3 nitrogen and oxygen atoms in total. The molecule has 2 spiro atoms. The third-order valence-corrected chi connectivity index (χ3v) is 5.81. The van der Waals surface area contributed by atoms with Crippen LogP contribution in [-0.2, 0) is 4.74 Å². The lowest BCUT2D eigenvalue weighted by atomic mass is 9.80. The van der Waals surface area contributed by atoms with E-state index < -0.39 is 0 Å². The first-order chi connectivity index (χ1) is 10.1. The molecule has 3 heteroatoms. The largest absolute Gasteiger partial charge is 0.366 e. The number of nitrogens with two attached hydrogens (primary N) is 1. The molecule has 2 aliphatic carbocycles. The molecule has 2 saturated carbocycles. The van der Waals surface area contributed by atoms with Gasteiger partial charge in [-0.3, -0.25) is 0 Å². The van der Waals surface area contributed by atoms with Gasteiger partial charge in [-0.15, -0.1) is 0 Å². The second-order valence-electron chi connectivity index (χ2n) is 7.48. The second kappa shape index (κ2) is 4.72. The predicted octanol–water partition coefficient (Wildman–Crippen LogP) is 2.94. The van der Waals surface area contributed by atoms with Gasteiger partial charge in [0.05, 0.1) is 11.2 Å². The van der Waals surface area contributed by atoms with Crippen LogP contribution in [0.2, 0.25) is 0 Å². The molecule has 2 N–H and O–H groups in total. The molecular weight excluding hydrogens is 260 g/mol. The Balaban J connectivity index is 1.61. The highest BCUT2D eigenvalue weighted by molar-refractivity contribution is 5.48. The molecular formula is C18H26N2O. The first-order valence-corrected chi connectivity index (χ1v) is 8.37. The number of benzene rings is 1. The van der Waals surface area contributed by atoms with Crippen molar-refractivity contribution >= 4 is 5.69 Å². The van der Waals surface area contributed by atoms with Crippen LogP contribution in [0, 0.1) is 5.92 Å². The van der Waals surface area contributed by atoms with Crippen LogP contribution in [0.3, 0.4) is 0 Å². The van der Waals surface area contributed by atoms with Gasteiger partial charge in [-0.1, -0.05) is 25.1 Å². The van der Waals surface area contributed by atoms with Crippen LogP contribution in [0.25, 0.3) is 0 Å². The number of ether oxygens (including phenoxy) is 1. The van der Waals surface area contributed by atoms with Crippen molar-refractivity contribution in [2.75, 3.05) is 18.0 Å².